The first-order valence-corrected chi connectivity index (χ1v) is 6.27. The van der Waals surface area contributed by atoms with Gasteiger partial charge in [0.05, 0.1) is 0 Å². The number of carbonyl (C=O) groups is 2. The van der Waals surface area contributed by atoms with Crippen LogP contribution in [0.2, 0.25) is 0 Å². The Morgan fingerprint density at radius 1 is 1.17 bits per heavy atom. The number of carboxylic acid groups (broad SMARTS) is 1. The van der Waals surface area contributed by atoms with Crippen LogP contribution in [0.3, 0.4) is 0 Å². The Morgan fingerprint density at radius 3 is 2.44 bits per heavy atom. The molecule has 0 aromatic heterocycles. The molecule has 4 heteroatoms. The summed E-state index contributed by atoms with van der Waals surface area (Å²) >= 11 is 0. The Bertz CT molecular complexity index is 508. The van der Waals surface area contributed by atoms with Crippen LogP contribution in [0.1, 0.15) is 24.0 Å². The van der Waals surface area contributed by atoms with Gasteiger partial charge in [0.15, 0.2) is 0 Å². The summed E-state index contributed by atoms with van der Waals surface area (Å²) in [6.45, 7) is 0.433. The average Bonchev–Trinajstić information content (AvgIpc) is 3.20. The normalized spacial score (nSPS) is 22.4. The molecule has 1 aliphatic carbocycles. The molecule has 1 N–H and O–H groups in total. The topological polar surface area (TPSA) is 57.6 Å². The zero-order chi connectivity index (χ0) is 12.7. The van der Waals surface area contributed by atoms with Crippen molar-refractivity contribution in [3.05, 3.63) is 35.4 Å². The lowest BCUT2D eigenvalue weighted by Crippen LogP contribution is -2.49. The molecule has 0 spiro atoms. The third kappa shape index (κ3) is 1.88. The summed E-state index contributed by atoms with van der Waals surface area (Å²) in [6.07, 6.45) is 2.23. The molecular weight excluding hydrogens is 230 g/mol. The van der Waals surface area contributed by atoms with Gasteiger partial charge in [-0.15, -0.1) is 0 Å². The largest absolute Gasteiger partial charge is 0.480 e. The molecule has 2 aliphatic rings. The number of fused-ring (bicyclic) bond motifs is 1. The fourth-order valence-corrected chi connectivity index (χ4v) is 2.54. The fourth-order valence-electron chi connectivity index (χ4n) is 2.54. The third-order valence-corrected chi connectivity index (χ3v) is 3.74. The van der Waals surface area contributed by atoms with E-state index in [4.69, 9.17) is 0 Å². The smallest absolute Gasteiger partial charge is 0.326 e. The molecule has 0 saturated heterocycles. The maximum atomic E-state index is 12.1. The highest BCUT2D eigenvalue weighted by Crippen LogP contribution is 2.34. The van der Waals surface area contributed by atoms with E-state index in [0.29, 0.717) is 13.0 Å². The molecule has 1 aromatic carbocycles. The number of rotatable bonds is 2. The second-order valence-corrected chi connectivity index (χ2v) is 5.07. The first kappa shape index (κ1) is 11.3. The molecule has 1 heterocycles. The van der Waals surface area contributed by atoms with E-state index in [9.17, 15) is 14.7 Å². The Morgan fingerprint density at radius 2 is 1.83 bits per heavy atom. The number of hydrogen-bond donors (Lipinski definition) is 1. The Labute approximate surface area is 105 Å². The minimum absolute atomic E-state index is 0.0110. The van der Waals surface area contributed by atoms with E-state index in [1.165, 1.54) is 0 Å². The van der Waals surface area contributed by atoms with Gasteiger partial charge in [0.1, 0.15) is 6.04 Å². The third-order valence-electron chi connectivity index (χ3n) is 3.74. The second kappa shape index (κ2) is 4.12. The van der Waals surface area contributed by atoms with Crippen LogP contribution >= 0.6 is 0 Å². The van der Waals surface area contributed by atoms with Gasteiger partial charge in [-0.2, -0.15) is 0 Å². The van der Waals surface area contributed by atoms with Crippen molar-refractivity contribution in [2.45, 2.75) is 31.8 Å². The van der Waals surface area contributed by atoms with Crippen LogP contribution in [-0.2, 0) is 22.6 Å². The number of hydrogen-bond acceptors (Lipinski definition) is 2. The van der Waals surface area contributed by atoms with Crippen LogP contribution in [0.5, 0.6) is 0 Å². The van der Waals surface area contributed by atoms with E-state index in [1.54, 1.807) is 4.90 Å². The number of benzene rings is 1. The van der Waals surface area contributed by atoms with Crippen molar-refractivity contribution in [1.29, 1.82) is 0 Å². The lowest BCUT2D eigenvalue weighted by Gasteiger charge is -2.34. The Hall–Kier alpha value is -1.84. The van der Waals surface area contributed by atoms with Crippen molar-refractivity contribution in [3.63, 3.8) is 0 Å². The van der Waals surface area contributed by atoms with Gasteiger partial charge in [-0.3, -0.25) is 4.79 Å². The zero-order valence-corrected chi connectivity index (χ0v) is 10.0. The predicted molar refractivity (Wildman–Crippen MR) is 64.8 cm³/mol. The monoisotopic (exact) mass is 245 g/mol. The van der Waals surface area contributed by atoms with Crippen molar-refractivity contribution in [2.75, 3.05) is 0 Å². The van der Waals surface area contributed by atoms with E-state index in [0.717, 1.165) is 24.0 Å². The number of carboxylic acids is 1. The number of aliphatic carboxylic acids is 1. The summed E-state index contributed by atoms with van der Waals surface area (Å²) in [5.41, 5.74) is 2.12. The first-order valence-electron chi connectivity index (χ1n) is 6.27. The molecule has 0 bridgehead atoms. The van der Waals surface area contributed by atoms with Gasteiger partial charge in [-0.1, -0.05) is 24.3 Å². The van der Waals surface area contributed by atoms with Crippen molar-refractivity contribution in [2.24, 2.45) is 5.92 Å². The number of carbonyl (C=O) groups excluding carboxylic acids is 1. The van der Waals surface area contributed by atoms with Crippen LogP contribution in [0.4, 0.5) is 0 Å². The molecule has 3 rings (SSSR count). The van der Waals surface area contributed by atoms with Crippen molar-refractivity contribution in [1.82, 2.24) is 4.90 Å². The van der Waals surface area contributed by atoms with E-state index in [-0.39, 0.29) is 11.8 Å². The van der Waals surface area contributed by atoms with Crippen molar-refractivity contribution >= 4 is 11.9 Å². The van der Waals surface area contributed by atoms with Crippen LogP contribution < -0.4 is 0 Å². The van der Waals surface area contributed by atoms with Gasteiger partial charge in [-0.05, 0) is 24.0 Å². The van der Waals surface area contributed by atoms with E-state index in [1.807, 2.05) is 24.3 Å². The summed E-state index contributed by atoms with van der Waals surface area (Å²) in [5.74, 6) is -0.826. The summed E-state index contributed by atoms with van der Waals surface area (Å²) in [7, 11) is 0. The predicted octanol–water partition coefficient (Wildman–Crippen LogP) is 1.43. The maximum absolute atomic E-state index is 12.1. The standard InChI is InChI=1S/C14H15NO3/c16-13(9-5-6-9)15-8-11-4-2-1-3-10(11)7-12(15)14(17)18/h1-4,9,12H,5-8H2,(H,17,18)/t12-/m0/s1. The second-order valence-electron chi connectivity index (χ2n) is 5.07. The molecule has 0 radical (unpaired) electrons. The SMILES string of the molecule is O=C(O)[C@@H]1Cc2ccccc2CN1C(=O)C1CC1. The lowest BCUT2D eigenvalue weighted by atomic mass is 9.93. The molecule has 1 amide bonds. The van der Waals surface area contributed by atoms with E-state index >= 15 is 0 Å². The molecule has 94 valence electrons. The minimum Gasteiger partial charge on any atom is -0.480 e. The Kier molecular flexibility index (Phi) is 2.58. The van der Waals surface area contributed by atoms with Crippen LogP contribution in [0.25, 0.3) is 0 Å². The molecular formula is C14H15NO3. The molecule has 1 aromatic rings. The minimum atomic E-state index is -0.904. The van der Waals surface area contributed by atoms with Gasteiger partial charge in [-0.25, -0.2) is 4.79 Å². The first-order chi connectivity index (χ1) is 8.66. The number of amides is 1. The molecule has 1 atom stereocenters. The average molecular weight is 245 g/mol. The van der Waals surface area contributed by atoms with E-state index < -0.39 is 12.0 Å². The highest BCUT2D eigenvalue weighted by atomic mass is 16.4. The molecule has 4 nitrogen and oxygen atoms in total. The van der Waals surface area contributed by atoms with Gasteiger partial charge >= 0.3 is 5.97 Å². The summed E-state index contributed by atoms with van der Waals surface area (Å²) in [5, 5.41) is 9.29. The van der Waals surface area contributed by atoms with Gasteiger partial charge < -0.3 is 10.0 Å². The van der Waals surface area contributed by atoms with Crippen molar-refractivity contribution < 1.29 is 14.7 Å². The number of nitrogens with zero attached hydrogens (tertiary/aromatic N) is 1. The van der Waals surface area contributed by atoms with Crippen molar-refractivity contribution in [3.8, 4) is 0 Å². The maximum Gasteiger partial charge on any atom is 0.326 e. The highest BCUT2D eigenvalue weighted by Gasteiger charge is 2.40. The van der Waals surface area contributed by atoms with Gasteiger partial charge in [0, 0.05) is 18.9 Å². The van der Waals surface area contributed by atoms with Crippen LogP contribution in [0.15, 0.2) is 24.3 Å². The fraction of sp³-hybridized carbons (Fsp3) is 0.429. The van der Waals surface area contributed by atoms with E-state index in [2.05, 4.69) is 0 Å². The zero-order valence-electron chi connectivity index (χ0n) is 10.0. The summed E-state index contributed by atoms with van der Waals surface area (Å²) in [6, 6.07) is 7.06. The van der Waals surface area contributed by atoms with Gasteiger partial charge in [0.25, 0.3) is 0 Å². The lowest BCUT2D eigenvalue weighted by molar-refractivity contribution is -0.152. The quantitative estimate of drug-likeness (QED) is 0.857. The Balaban J connectivity index is 1.92. The molecule has 1 aliphatic heterocycles. The highest BCUT2D eigenvalue weighted by molar-refractivity contribution is 5.87. The summed E-state index contributed by atoms with van der Waals surface area (Å²) in [4.78, 5) is 25.0. The molecule has 18 heavy (non-hydrogen) atoms. The molecule has 1 fully saturated rings. The molecule has 0 unspecified atom stereocenters. The van der Waals surface area contributed by atoms with Crippen LogP contribution in [0, 0.1) is 5.92 Å². The van der Waals surface area contributed by atoms with Gasteiger partial charge in [0.2, 0.25) is 5.91 Å². The molecule has 1 saturated carbocycles. The van der Waals surface area contributed by atoms with Crippen LogP contribution in [-0.4, -0.2) is 27.9 Å². The summed E-state index contributed by atoms with van der Waals surface area (Å²) < 4.78 is 0.